The van der Waals surface area contributed by atoms with Crippen molar-refractivity contribution >= 4 is 44.7 Å². The quantitative estimate of drug-likeness (QED) is 0.171. The van der Waals surface area contributed by atoms with E-state index in [0.717, 1.165) is 46.0 Å². The van der Waals surface area contributed by atoms with Crippen molar-refractivity contribution in [2.75, 3.05) is 25.0 Å². The highest BCUT2D eigenvalue weighted by Gasteiger charge is 2.11. The summed E-state index contributed by atoms with van der Waals surface area (Å²) >= 11 is 8.06. The number of ether oxygens (including phenoxy) is 1. The van der Waals surface area contributed by atoms with Gasteiger partial charge < -0.3 is 10.1 Å². The van der Waals surface area contributed by atoms with E-state index in [0.29, 0.717) is 28.4 Å². The van der Waals surface area contributed by atoms with Crippen molar-refractivity contribution in [3.05, 3.63) is 76.1 Å². The van der Waals surface area contributed by atoms with Gasteiger partial charge >= 0.3 is 0 Å². The molecule has 0 aliphatic carbocycles. The van der Waals surface area contributed by atoms with Crippen molar-refractivity contribution in [2.45, 2.75) is 47.1 Å². The lowest BCUT2D eigenvalue weighted by molar-refractivity contribution is 0.270. The molecule has 0 saturated heterocycles. The number of aromatic nitrogens is 2. The zero-order valence-electron chi connectivity index (χ0n) is 23.5. The summed E-state index contributed by atoms with van der Waals surface area (Å²) in [5.74, 6) is 9.02. The molecule has 0 bridgehead atoms. The van der Waals surface area contributed by atoms with Crippen molar-refractivity contribution in [1.82, 2.24) is 14.9 Å². The van der Waals surface area contributed by atoms with E-state index in [9.17, 15) is 4.39 Å². The number of benzene rings is 2. The first kappa shape index (κ1) is 29.8. The van der Waals surface area contributed by atoms with Gasteiger partial charge in [-0.1, -0.05) is 63.3 Å². The fourth-order valence-corrected chi connectivity index (χ4v) is 5.18. The maximum Gasteiger partial charge on any atom is 0.151 e. The van der Waals surface area contributed by atoms with Crippen LogP contribution in [0.5, 0.6) is 5.75 Å². The Morgan fingerprint density at radius 2 is 1.80 bits per heavy atom. The van der Waals surface area contributed by atoms with Gasteiger partial charge in [0.2, 0.25) is 0 Å². The molecule has 0 atom stereocenters. The Morgan fingerprint density at radius 1 is 1.02 bits per heavy atom. The van der Waals surface area contributed by atoms with Gasteiger partial charge in [-0.3, -0.25) is 4.90 Å². The topological polar surface area (TPSA) is 50.3 Å². The lowest BCUT2D eigenvalue weighted by Gasteiger charge is -2.21. The van der Waals surface area contributed by atoms with E-state index in [1.807, 2.05) is 18.2 Å². The monoisotopic (exact) mass is 578 g/mol. The molecule has 8 heteroatoms. The van der Waals surface area contributed by atoms with E-state index in [-0.39, 0.29) is 12.4 Å². The molecule has 0 amide bonds. The highest BCUT2D eigenvalue weighted by Crippen LogP contribution is 2.33. The molecular weight excluding hydrogens is 543 g/mol. The van der Waals surface area contributed by atoms with Gasteiger partial charge in [0.15, 0.2) is 5.82 Å². The Kier molecular flexibility index (Phi) is 10.8. The third-order valence-corrected chi connectivity index (χ3v) is 7.69. The van der Waals surface area contributed by atoms with Crippen LogP contribution in [0.2, 0.25) is 5.02 Å². The second-order valence-electron chi connectivity index (χ2n) is 10.7. The van der Waals surface area contributed by atoms with Gasteiger partial charge in [0, 0.05) is 5.69 Å². The number of hydrogen-bond donors (Lipinski definition) is 1. The molecule has 0 fully saturated rings. The van der Waals surface area contributed by atoms with Gasteiger partial charge in [0.05, 0.1) is 26.7 Å². The lowest BCUT2D eigenvalue weighted by Crippen LogP contribution is -2.28. The van der Waals surface area contributed by atoms with Crippen LogP contribution >= 0.6 is 22.9 Å². The zero-order valence-corrected chi connectivity index (χ0v) is 25.1. The molecule has 0 aliphatic heterocycles. The first-order chi connectivity index (χ1) is 19.3. The average molecular weight is 579 g/mol. The standard InChI is InChI=1S/C32H36ClFN4OS/c1-22(2)12-15-38(16-13-23(3)4)14-6-9-27-19-29-31(40-27)32(36-21-35-29)37-26-10-11-30(28(33)18-26)39-20-24-7-5-8-25(34)17-24/h5,7-8,10-11,17-19,21-23H,12-16,20H2,1-4H3,(H,35,36,37). The van der Waals surface area contributed by atoms with Gasteiger partial charge in [-0.15, -0.1) is 11.3 Å². The molecule has 1 N–H and O–H groups in total. The summed E-state index contributed by atoms with van der Waals surface area (Å²) in [4.78, 5) is 12.3. The van der Waals surface area contributed by atoms with Gasteiger partial charge in [0.1, 0.15) is 24.5 Å². The van der Waals surface area contributed by atoms with Crippen molar-refractivity contribution in [2.24, 2.45) is 11.8 Å². The normalized spacial score (nSPS) is 11.3. The number of nitrogens with one attached hydrogen (secondary N) is 1. The largest absolute Gasteiger partial charge is 0.487 e. The minimum absolute atomic E-state index is 0.225. The molecule has 0 spiro atoms. The van der Waals surface area contributed by atoms with E-state index in [1.165, 1.54) is 25.0 Å². The highest BCUT2D eigenvalue weighted by molar-refractivity contribution is 7.20. The van der Waals surface area contributed by atoms with Crippen LogP contribution < -0.4 is 10.1 Å². The van der Waals surface area contributed by atoms with Gasteiger partial charge in [-0.25, -0.2) is 14.4 Å². The maximum absolute atomic E-state index is 13.4. The molecule has 4 aromatic rings. The number of anilines is 2. The van der Waals surface area contributed by atoms with Gasteiger partial charge in [-0.05, 0) is 79.7 Å². The summed E-state index contributed by atoms with van der Waals surface area (Å²) < 4.78 is 20.2. The number of rotatable bonds is 12. The Labute approximate surface area is 245 Å². The van der Waals surface area contributed by atoms with Crippen LogP contribution in [0.25, 0.3) is 10.2 Å². The molecular formula is C32H36ClFN4OS. The fraction of sp³-hybridized carbons (Fsp3) is 0.375. The van der Waals surface area contributed by atoms with Crippen molar-refractivity contribution < 1.29 is 9.13 Å². The summed E-state index contributed by atoms with van der Waals surface area (Å²) in [5.41, 5.74) is 2.36. The first-order valence-electron chi connectivity index (χ1n) is 13.7. The molecule has 0 radical (unpaired) electrons. The molecule has 0 unspecified atom stereocenters. The fourth-order valence-electron chi connectivity index (χ4n) is 4.02. The summed E-state index contributed by atoms with van der Waals surface area (Å²) in [7, 11) is 0. The van der Waals surface area contributed by atoms with Crippen LogP contribution in [0, 0.1) is 29.5 Å². The van der Waals surface area contributed by atoms with E-state index in [2.05, 4.69) is 59.7 Å². The van der Waals surface area contributed by atoms with Crippen molar-refractivity contribution in [3.8, 4) is 17.6 Å². The van der Waals surface area contributed by atoms with Crippen LogP contribution in [0.4, 0.5) is 15.9 Å². The Balaban J connectivity index is 1.42. The predicted molar refractivity (Wildman–Crippen MR) is 165 cm³/mol. The summed E-state index contributed by atoms with van der Waals surface area (Å²) in [5, 5.41) is 3.80. The van der Waals surface area contributed by atoms with Crippen LogP contribution in [0.15, 0.2) is 54.9 Å². The van der Waals surface area contributed by atoms with E-state index < -0.39 is 0 Å². The first-order valence-corrected chi connectivity index (χ1v) is 14.9. The number of nitrogens with zero attached hydrogens (tertiary/aromatic N) is 3. The highest BCUT2D eigenvalue weighted by atomic mass is 35.5. The third-order valence-electron chi connectivity index (χ3n) is 6.35. The second-order valence-corrected chi connectivity index (χ2v) is 12.1. The van der Waals surface area contributed by atoms with Crippen LogP contribution in [0.3, 0.4) is 0 Å². The molecule has 210 valence electrons. The Morgan fingerprint density at radius 3 is 2.50 bits per heavy atom. The zero-order chi connectivity index (χ0) is 28.5. The van der Waals surface area contributed by atoms with Crippen LogP contribution in [0.1, 0.15) is 51.0 Å². The van der Waals surface area contributed by atoms with Gasteiger partial charge in [-0.2, -0.15) is 0 Å². The van der Waals surface area contributed by atoms with E-state index in [4.69, 9.17) is 16.3 Å². The SMILES string of the molecule is CC(C)CCN(CC#Cc1cc2ncnc(Nc3ccc(OCc4cccc(F)c4)c(Cl)c3)c2s1)CCC(C)C. The summed E-state index contributed by atoms with van der Waals surface area (Å²) in [6.45, 7) is 12.2. The molecule has 0 aliphatic rings. The Bertz CT molecular complexity index is 1460. The molecule has 4 rings (SSSR count). The van der Waals surface area contributed by atoms with Gasteiger partial charge in [0.25, 0.3) is 0 Å². The molecule has 2 heterocycles. The minimum Gasteiger partial charge on any atom is -0.487 e. The third kappa shape index (κ3) is 8.92. The van der Waals surface area contributed by atoms with Crippen molar-refractivity contribution in [3.63, 3.8) is 0 Å². The predicted octanol–water partition coefficient (Wildman–Crippen LogP) is 8.55. The molecule has 2 aromatic heterocycles. The molecule has 0 saturated carbocycles. The maximum atomic E-state index is 13.4. The summed E-state index contributed by atoms with van der Waals surface area (Å²) in [6.07, 6.45) is 3.90. The van der Waals surface area contributed by atoms with Crippen LogP contribution in [-0.4, -0.2) is 34.5 Å². The second kappa shape index (κ2) is 14.5. The number of halogens is 2. The Hall–Kier alpha value is -3.18. The molecule has 40 heavy (non-hydrogen) atoms. The van der Waals surface area contributed by atoms with Crippen LogP contribution in [-0.2, 0) is 6.61 Å². The number of hydrogen-bond acceptors (Lipinski definition) is 6. The number of fused-ring (bicyclic) bond motifs is 1. The lowest BCUT2D eigenvalue weighted by atomic mass is 10.1. The molecule has 5 nitrogen and oxygen atoms in total. The number of thiophene rings is 1. The van der Waals surface area contributed by atoms with E-state index in [1.54, 1.807) is 35.9 Å². The average Bonchev–Trinajstić information content (AvgIpc) is 3.33. The van der Waals surface area contributed by atoms with E-state index >= 15 is 0 Å². The smallest absolute Gasteiger partial charge is 0.151 e. The summed E-state index contributed by atoms with van der Waals surface area (Å²) in [6, 6.07) is 13.8. The van der Waals surface area contributed by atoms with Crippen molar-refractivity contribution in [1.29, 1.82) is 0 Å². The molecule has 2 aromatic carbocycles. The minimum atomic E-state index is -0.295.